The maximum absolute atomic E-state index is 13.6. The van der Waals surface area contributed by atoms with Gasteiger partial charge in [-0.1, -0.05) is 18.2 Å². The van der Waals surface area contributed by atoms with Gasteiger partial charge in [-0.3, -0.25) is 19.3 Å². The van der Waals surface area contributed by atoms with E-state index >= 15 is 0 Å². The molecule has 0 N–H and O–H groups in total. The lowest BCUT2D eigenvalue weighted by Gasteiger charge is -2.38. The van der Waals surface area contributed by atoms with Crippen molar-refractivity contribution in [2.75, 3.05) is 26.3 Å². The summed E-state index contributed by atoms with van der Waals surface area (Å²) in [6.07, 6.45) is 1.76. The topological polar surface area (TPSA) is 66.9 Å². The summed E-state index contributed by atoms with van der Waals surface area (Å²) < 4.78 is 18.5. The fourth-order valence-corrected chi connectivity index (χ4v) is 3.39. The molecule has 2 aliphatic rings. The van der Waals surface area contributed by atoms with Crippen molar-refractivity contribution >= 4 is 17.7 Å². The SMILES string of the molecule is O=C(CCc1ccccc1F)N1CCC(N2C(=O)COCC2=O)CC1. The van der Waals surface area contributed by atoms with Crippen molar-refractivity contribution in [1.29, 1.82) is 0 Å². The first-order valence-corrected chi connectivity index (χ1v) is 8.50. The first-order valence-electron chi connectivity index (χ1n) is 8.50. The number of morpholine rings is 1. The zero-order valence-electron chi connectivity index (χ0n) is 13.9. The van der Waals surface area contributed by atoms with Crippen molar-refractivity contribution in [3.63, 3.8) is 0 Å². The van der Waals surface area contributed by atoms with Crippen LogP contribution >= 0.6 is 0 Å². The van der Waals surface area contributed by atoms with Crippen molar-refractivity contribution in [3.05, 3.63) is 35.6 Å². The molecule has 2 aliphatic heterocycles. The van der Waals surface area contributed by atoms with Gasteiger partial charge >= 0.3 is 0 Å². The Hall–Kier alpha value is -2.28. The van der Waals surface area contributed by atoms with Crippen molar-refractivity contribution < 1.29 is 23.5 Å². The summed E-state index contributed by atoms with van der Waals surface area (Å²) in [5.74, 6) is -0.930. The number of carbonyl (C=O) groups excluding carboxylic acids is 3. The zero-order chi connectivity index (χ0) is 17.8. The van der Waals surface area contributed by atoms with Crippen LogP contribution in [0.1, 0.15) is 24.8 Å². The number of likely N-dealkylation sites (tertiary alicyclic amines) is 1. The van der Waals surface area contributed by atoms with Crippen LogP contribution in [0.15, 0.2) is 24.3 Å². The number of rotatable bonds is 4. The van der Waals surface area contributed by atoms with Gasteiger partial charge in [0, 0.05) is 25.6 Å². The number of benzene rings is 1. The molecule has 0 atom stereocenters. The highest BCUT2D eigenvalue weighted by molar-refractivity contribution is 5.98. The minimum Gasteiger partial charge on any atom is -0.362 e. The van der Waals surface area contributed by atoms with Crippen LogP contribution in [0.3, 0.4) is 0 Å². The zero-order valence-corrected chi connectivity index (χ0v) is 13.9. The van der Waals surface area contributed by atoms with Crippen molar-refractivity contribution in [3.8, 4) is 0 Å². The van der Waals surface area contributed by atoms with Crippen LogP contribution in [0.25, 0.3) is 0 Å². The lowest BCUT2D eigenvalue weighted by Crippen LogP contribution is -2.55. The third-order valence-corrected chi connectivity index (χ3v) is 4.74. The Labute approximate surface area is 145 Å². The Bertz CT molecular complexity index is 655. The first-order chi connectivity index (χ1) is 12.1. The monoisotopic (exact) mass is 348 g/mol. The van der Waals surface area contributed by atoms with Gasteiger partial charge in [0.25, 0.3) is 11.8 Å². The Morgan fingerprint density at radius 1 is 1.12 bits per heavy atom. The van der Waals surface area contributed by atoms with Gasteiger partial charge in [-0.15, -0.1) is 0 Å². The average Bonchev–Trinajstić information content (AvgIpc) is 2.61. The Morgan fingerprint density at radius 2 is 1.76 bits per heavy atom. The smallest absolute Gasteiger partial charge is 0.255 e. The van der Waals surface area contributed by atoms with Gasteiger partial charge in [-0.2, -0.15) is 0 Å². The predicted octanol–water partition coefficient (Wildman–Crippen LogP) is 1.13. The highest BCUT2D eigenvalue weighted by Crippen LogP contribution is 2.20. The number of ether oxygens (including phenoxy) is 1. The second kappa shape index (κ2) is 7.74. The van der Waals surface area contributed by atoms with Crippen LogP contribution in [-0.2, 0) is 25.5 Å². The van der Waals surface area contributed by atoms with Gasteiger partial charge in [-0.25, -0.2) is 4.39 Å². The van der Waals surface area contributed by atoms with E-state index in [9.17, 15) is 18.8 Å². The quantitative estimate of drug-likeness (QED) is 0.765. The Balaban J connectivity index is 1.50. The average molecular weight is 348 g/mol. The van der Waals surface area contributed by atoms with Gasteiger partial charge in [0.05, 0.1) is 0 Å². The second-order valence-corrected chi connectivity index (χ2v) is 6.35. The molecule has 0 saturated carbocycles. The van der Waals surface area contributed by atoms with Gasteiger partial charge in [0.2, 0.25) is 5.91 Å². The molecule has 3 amide bonds. The van der Waals surface area contributed by atoms with E-state index in [1.807, 2.05) is 0 Å². The third-order valence-electron chi connectivity index (χ3n) is 4.74. The summed E-state index contributed by atoms with van der Waals surface area (Å²) in [6.45, 7) is 0.873. The first kappa shape index (κ1) is 17.5. The molecule has 0 aliphatic carbocycles. The maximum atomic E-state index is 13.6. The van der Waals surface area contributed by atoms with E-state index in [4.69, 9.17) is 4.74 Å². The molecule has 134 valence electrons. The molecule has 6 nitrogen and oxygen atoms in total. The minimum absolute atomic E-state index is 0.0265. The number of amides is 3. The number of aryl methyl sites for hydroxylation is 1. The molecule has 1 aromatic rings. The Morgan fingerprint density at radius 3 is 2.40 bits per heavy atom. The standard InChI is InChI=1S/C18H21FN2O4/c19-15-4-2-1-3-13(15)5-6-16(22)20-9-7-14(8-10-20)21-17(23)11-25-12-18(21)24/h1-4,14H,5-12H2. The van der Waals surface area contributed by atoms with Crippen LogP contribution in [-0.4, -0.2) is 59.9 Å². The molecule has 2 saturated heterocycles. The van der Waals surface area contributed by atoms with Crippen LogP contribution in [0.4, 0.5) is 4.39 Å². The fourth-order valence-electron chi connectivity index (χ4n) is 3.39. The van der Waals surface area contributed by atoms with Crippen molar-refractivity contribution in [2.24, 2.45) is 0 Å². The lowest BCUT2D eigenvalue weighted by molar-refractivity contribution is -0.162. The number of halogens is 1. The van der Waals surface area contributed by atoms with E-state index in [-0.39, 0.29) is 49.2 Å². The third kappa shape index (κ3) is 4.04. The van der Waals surface area contributed by atoms with Gasteiger partial charge in [0.1, 0.15) is 19.0 Å². The molecule has 7 heteroatoms. The molecule has 2 heterocycles. The summed E-state index contributed by atoms with van der Waals surface area (Å²) in [5.41, 5.74) is 0.537. The molecule has 0 aromatic heterocycles. The molecular formula is C18H21FN2O4. The van der Waals surface area contributed by atoms with E-state index < -0.39 is 0 Å². The van der Waals surface area contributed by atoms with Crippen LogP contribution < -0.4 is 0 Å². The number of piperidine rings is 1. The second-order valence-electron chi connectivity index (χ2n) is 6.35. The van der Waals surface area contributed by atoms with E-state index in [0.29, 0.717) is 37.9 Å². The molecule has 3 rings (SSSR count). The normalized spacial score (nSPS) is 19.4. The number of hydrogen-bond acceptors (Lipinski definition) is 4. The van der Waals surface area contributed by atoms with Crippen LogP contribution in [0.2, 0.25) is 0 Å². The van der Waals surface area contributed by atoms with Crippen molar-refractivity contribution in [1.82, 2.24) is 9.80 Å². The molecule has 0 spiro atoms. The maximum Gasteiger partial charge on any atom is 0.255 e. The number of hydrogen-bond donors (Lipinski definition) is 0. The summed E-state index contributed by atoms with van der Waals surface area (Å²) in [7, 11) is 0. The largest absolute Gasteiger partial charge is 0.362 e. The highest BCUT2D eigenvalue weighted by atomic mass is 19.1. The summed E-state index contributed by atoms with van der Waals surface area (Å²) >= 11 is 0. The molecule has 0 unspecified atom stereocenters. The number of nitrogens with zero attached hydrogens (tertiary/aromatic N) is 2. The van der Waals surface area contributed by atoms with E-state index in [1.165, 1.54) is 11.0 Å². The van der Waals surface area contributed by atoms with E-state index in [1.54, 1.807) is 23.1 Å². The molecule has 25 heavy (non-hydrogen) atoms. The fraction of sp³-hybridized carbons (Fsp3) is 0.500. The molecule has 2 fully saturated rings. The molecule has 0 bridgehead atoms. The van der Waals surface area contributed by atoms with E-state index in [2.05, 4.69) is 0 Å². The Kier molecular flexibility index (Phi) is 5.43. The minimum atomic E-state index is -0.305. The molecular weight excluding hydrogens is 327 g/mol. The number of imide groups is 1. The summed E-state index contributed by atoms with van der Waals surface area (Å²) in [6, 6.07) is 6.29. The summed E-state index contributed by atoms with van der Waals surface area (Å²) in [5, 5.41) is 0. The van der Waals surface area contributed by atoms with Gasteiger partial charge in [-0.05, 0) is 30.9 Å². The van der Waals surface area contributed by atoms with Crippen molar-refractivity contribution in [2.45, 2.75) is 31.7 Å². The van der Waals surface area contributed by atoms with E-state index in [0.717, 1.165) is 0 Å². The predicted molar refractivity (Wildman–Crippen MR) is 87.0 cm³/mol. The highest BCUT2D eigenvalue weighted by Gasteiger charge is 2.35. The summed E-state index contributed by atoms with van der Waals surface area (Å²) in [4.78, 5) is 39.1. The lowest BCUT2D eigenvalue weighted by atomic mass is 10.0. The van der Waals surface area contributed by atoms with Crippen LogP contribution in [0, 0.1) is 5.82 Å². The number of carbonyl (C=O) groups is 3. The molecule has 0 radical (unpaired) electrons. The molecule has 1 aromatic carbocycles. The van der Waals surface area contributed by atoms with Gasteiger partial charge in [0.15, 0.2) is 0 Å². The van der Waals surface area contributed by atoms with Crippen LogP contribution in [0.5, 0.6) is 0 Å². The van der Waals surface area contributed by atoms with Gasteiger partial charge < -0.3 is 9.64 Å².